The Balaban J connectivity index is 1.26. The van der Waals surface area contributed by atoms with Crippen molar-refractivity contribution in [2.24, 2.45) is 0 Å². The van der Waals surface area contributed by atoms with Gasteiger partial charge in [-0.05, 0) is 74.8 Å². The molecular formula is C34H32Cl2N8O2. The van der Waals surface area contributed by atoms with E-state index in [-0.39, 0.29) is 33.1 Å². The van der Waals surface area contributed by atoms with Gasteiger partial charge in [0.25, 0.3) is 11.5 Å². The molecule has 0 atom stereocenters. The Morgan fingerprint density at radius 2 is 1.61 bits per heavy atom. The minimum absolute atomic E-state index is 0.116. The van der Waals surface area contributed by atoms with E-state index in [1.54, 1.807) is 42.5 Å². The predicted molar refractivity (Wildman–Crippen MR) is 183 cm³/mol. The summed E-state index contributed by atoms with van der Waals surface area (Å²) in [6, 6.07) is 20.5. The number of likely N-dealkylation sites (N-methyl/N-ethyl adjacent to an activating group) is 1. The number of hydrogen-bond donors (Lipinski definition) is 2. The van der Waals surface area contributed by atoms with Crippen molar-refractivity contribution in [2.45, 2.75) is 25.3 Å². The monoisotopic (exact) mass is 654 g/mol. The molecule has 0 bridgehead atoms. The second kappa shape index (κ2) is 12.7. The van der Waals surface area contributed by atoms with E-state index in [0.29, 0.717) is 28.3 Å². The van der Waals surface area contributed by atoms with Crippen molar-refractivity contribution in [3.63, 3.8) is 0 Å². The van der Waals surface area contributed by atoms with E-state index >= 15 is 0 Å². The van der Waals surface area contributed by atoms with E-state index in [1.807, 2.05) is 12.1 Å². The van der Waals surface area contributed by atoms with Crippen molar-refractivity contribution >= 4 is 57.3 Å². The first-order valence-electron chi connectivity index (χ1n) is 15.3. The largest absolute Gasteiger partial charge is 0.369 e. The number of nitrogens with zero attached hydrogens (tertiary/aromatic N) is 6. The average molecular weight is 656 g/mol. The molecule has 12 heteroatoms. The zero-order valence-electron chi connectivity index (χ0n) is 25.2. The van der Waals surface area contributed by atoms with Crippen LogP contribution in [0.4, 0.5) is 17.3 Å². The standard InChI is InChI=1S/C34H32Cl2N8O2/c1-42-16-18-43(19-17-42)25-14-12-24(13-15-25)39-34-37-20-26-30(40-34)29(41-44(33(26)46)31-27(35)6-3-7-28(31)36)21-8-10-22(11-9-21)32(45)38-23-4-2-5-23/h3,6-15,20,23H,2,4-5,16-19H2,1H3,(H,38,45)(H,37,39,40). The maximum absolute atomic E-state index is 13.8. The highest BCUT2D eigenvalue weighted by molar-refractivity contribution is 6.37. The van der Waals surface area contributed by atoms with Crippen LogP contribution in [0.15, 0.2) is 77.7 Å². The van der Waals surface area contributed by atoms with Gasteiger partial charge < -0.3 is 20.4 Å². The van der Waals surface area contributed by atoms with Crippen LogP contribution in [0.3, 0.4) is 0 Å². The molecule has 0 spiro atoms. The molecule has 0 radical (unpaired) electrons. The lowest BCUT2D eigenvalue weighted by Gasteiger charge is -2.34. The fourth-order valence-electron chi connectivity index (χ4n) is 5.67. The molecular weight excluding hydrogens is 623 g/mol. The Bertz CT molecular complexity index is 1950. The predicted octanol–water partition coefficient (Wildman–Crippen LogP) is 5.93. The normalized spacial score (nSPS) is 15.5. The highest BCUT2D eigenvalue weighted by Crippen LogP contribution is 2.31. The lowest BCUT2D eigenvalue weighted by Crippen LogP contribution is -2.44. The Kier molecular flexibility index (Phi) is 8.33. The minimum atomic E-state index is -0.465. The summed E-state index contributed by atoms with van der Waals surface area (Å²) in [5.74, 6) is 0.196. The molecule has 1 aliphatic carbocycles. The zero-order chi connectivity index (χ0) is 31.8. The summed E-state index contributed by atoms with van der Waals surface area (Å²) in [5, 5.41) is 11.8. The first-order valence-corrected chi connectivity index (χ1v) is 16.1. The number of aromatic nitrogens is 4. The van der Waals surface area contributed by atoms with Crippen LogP contribution in [0.1, 0.15) is 29.6 Å². The summed E-state index contributed by atoms with van der Waals surface area (Å²) in [6.07, 6.45) is 4.62. The van der Waals surface area contributed by atoms with Gasteiger partial charge in [-0.1, -0.05) is 41.4 Å². The second-order valence-corrected chi connectivity index (χ2v) is 12.5. The number of halogens is 2. The van der Waals surface area contributed by atoms with Gasteiger partial charge >= 0.3 is 0 Å². The molecule has 2 fully saturated rings. The third-order valence-electron chi connectivity index (χ3n) is 8.64. The van der Waals surface area contributed by atoms with Gasteiger partial charge in [0, 0.05) is 60.9 Å². The quantitative estimate of drug-likeness (QED) is 0.222. The number of carbonyl (C=O) groups is 1. The fourth-order valence-corrected chi connectivity index (χ4v) is 6.23. The number of carbonyl (C=O) groups excluding carboxylic acids is 1. The summed E-state index contributed by atoms with van der Waals surface area (Å²) in [6.45, 7) is 4.02. The Hall–Kier alpha value is -4.51. The van der Waals surface area contributed by atoms with E-state index in [2.05, 4.69) is 44.6 Å². The van der Waals surface area contributed by atoms with Crippen molar-refractivity contribution in [2.75, 3.05) is 43.4 Å². The highest BCUT2D eigenvalue weighted by atomic mass is 35.5. The van der Waals surface area contributed by atoms with Crippen LogP contribution in [0.25, 0.3) is 27.8 Å². The third-order valence-corrected chi connectivity index (χ3v) is 9.25. The van der Waals surface area contributed by atoms with E-state index in [0.717, 1.165) is 56.8 Å². The Morgan fingerprint density at radius 3 is 2.26 bits per heavy atom. The van der Waals surface area contributed by atoms with Crippen LogP contribution in [0.2, 0.25) is 10.0 Å². The van der Waals surface area contributed by atoms with Crippen LogP contribution >= 0.6 is 23.2 Å². The highest BCUT2D eigenvalue weighted by Gasteiger charge is 2.22. The molecule has 234 valence electrons. The van der Waals surface area contributed by atoms with Crippen LogP contribution in [0.5, 0.6) is 0 Å². The maximum Gasteiger partial charge on any atom is 0.282 e. The first-order chi connectivity index (χ1) is 22.3. The summed E-state index contributed by atoms with van der Waals surface area (Å²) in [5.41, 5.74) is 3.72. The number of piperazine rings is 1. The number of benzene rings is 3. The molecule has 0 unspecified atom stereocenters. The fraction of sp³-hybridized carbons (Fsp3) is 0.265. The van der Waals surface area contributed by atoms with Gasteiger partial charge in [0.05, 0.1) is 15.4 Å². The SMILES string of the molecule is CN1CCN(c2ccc(Nc3ncc4c(=O)n(-c5c(Cl)cccc5Cl)nc(-c5ccc(C(=O)NC6CCC6)cc5)c4n3)cc2)CC1. The van der Waals surface area contributed by atoms with Gasteiger partial charge in [-0.3, -0.25) is 9.59 Å². The molecule has 1 saturated heterocycles. The molecule has 1 amide bonds. The van der Waals surface area contributed by atoms with Gasteiger partial charge in [0.15, 0.2) is 0 Å². The van der Waals surface area contributed by atoms with Crippen molar-refractivity contribution in [1.29, 1.82) is 0 Å². The Morgan fingerprint density at radius 1 is 0.913 bits per heavy atom. The van der Waals surface area contributed by atoms with Crippen molar-refractivity contribution in [1.82, 2.24) is 30.0 Å². The zero-order valence-corrected chi connectivity index (χ0v) is 26.7. The molecule has 7 rings (SSSR count). The lowest BCUT2D eigenvalue weighted by molar-refractivity contribution is 0.0917. The minimum Gasteiger partial charge on any atom is -0.369 e. The van der Waals surface area contributed by atoms with E-state index < -0.39 is 5.56 Å². The maximum atomic E-state index is 13.8. The number of rotatable bonds is 7. The van der Waals surface area contributed by atoms with Crippen molar-refractivity contribution in [3.8, 4) is 16.9 Å². The molecule has 2 aliphatic rings. The number of anilines is 3. The number of para-hydroxylation sites is 1. The molecule has 5 aromatic rings. The van der Waals surface area contributed by atoms with Crippen LogP contribution < -0.4 is 21.1 Å². The number of hydrogen-bond acceptors (Lipinski definition) is 8. The van der Waals surface area contributed by atoms with E-state index in [4.69, 9.17) is 33.3 Å². The average Bonchev–Trinajstić information content (AvgIpc) is 3.04. The molecule has 1 saturated carbocycles. The summed E-state index contributed by atoms with van der Waals surface area (Å²) in [4.78, 5) is 40.5. The second-order valence-electron chi connectivity index (χ2n) is 11.7. The molecule has 3 aromatic carbocycles. The van der Waals surface area contributed by atoms with Crippen molar-refractivity contribution < 1.29 is 4.79 Å². The molecule has 2 N–H and O–H groups in total. The molecule has 1 aliphatic heterocycles. The van der Waals surface area contributed by atoms with Crippen LogP contribution in [0, 0.1) is 0 Å². The summed E-state index contributed by atoms with van der Waals surface area (Å²) < 4.78 is 1.19. The molecule has 3 heterocycles. The van der Waals surface area contributed by atoms with E-state index in [1.165, 1.54) is 10.9 Å². The number of amides is 1. The smallest absolute Gasteiger partial charge is 0.282 e. The van der Waals surface area contributed by atoms with E-state index in [9.17, 15) is 9.59 Å². The van der Waals surface area contributed by atoms with Gasteiger partial charge in [-0.15, -0.1) is 0 Å². The Labute approximate surface area is 276 Å². The van der Waals surface area contributed by atoms with Gasteiger partial charge in [-0.2, -0.15) is 9.78 Å². The van der Waals surface area contributed by atoms with Gasteiger partial charge in [-0.25, -0.2) is 9.97 Å². The number of nitrogens with one attached hydrogen (secondary N) is 2. The third kappa shape index (κ3) is 6.03. The van der Waals surface area contributed by atoms with Crippen LogP contribution in [-0.4, -0.2) is 69.8 Å². The topological polar surface area (TPSA) is 108 Å². The van der Waals surface area contributed by atoms with Crippen molar-refractivity contribution in [3.05, 3.63) is 98.9 Å². The van der Waals surface area contributed by atoms with Gasteiger partial charge in [0.2, 0.25) is 5.95 Å². The molecule has 2 aromatic heterocycles. The molecule has 10 nitrogen and oxygen atoms in total. The first kappa shape index (κ1) is 30.2. The van der Waals surface area contributed by atoms with Gasteiger partial charge in [0.1, 0.15) is 16.9 Å². The number of fused-ring (bicyclic) bond motifs is 1. The van der Waals surface area contributed by atoms with Crippen LogP contribution in [-0.2, 0) is 0 Å². The summed E-state index contributed by atoms with van der Waals surface area (Å²) >= 11 is 13.0. The molecule has 46 heavy (non-hydrogen) atoms. The summed E-state index contributed by atoms with van der Waals surface area (Å²) in [7, 11) is 2.14. The lowest BCUT2D eigenvalue weighted by atomic mass is 9.93.